The second kappa shape index (κ2) is 8.08. The lowest BCUT2D eigenvalue weighted by molar-refractivity contribution is 0.0743. The van der Waals surface area contributed by atoms with E-state index < -0.39 is 6.10 Å². The third-order valence-electron chi connectivity index (χ3n) is 3.02. The second-order valence-corrected chi connectivity index (χ2v) is 5.49. The first-order valence-corrected chi connectivity index (χ1v) is 7.26. The highest BCUT2D eigenvalue weighted by molar-refractivity contribution is 6.29. The van der Waals surface area contributed by atoms with E-state index in [-0.39, 0.29) is 12.4 Å². The van der Waals surface area contributed by atoms with Gasteiger partial charge in [-0.1, -0.05) is 17.7 Å². The quantitative estimate of drug-likeness (QED) is 0.796. The van der Waals surface area contributed by atoms with Crippen LogP contribution in [0.25, 0.3) is 0 Å². The molecule has 0 amide bonds. The van der Waals surface area contributed by atoms with Crippen LogP contribution in [0.5, 0.6) is 5.75 Å². The lowest BCUT2D eigenvalue weighted by atomic mass is 10.2. The molecule has 0 spiro atoms. The molecule has 118 valence electrons. The van der Waals surface area contributed by atoms with E-state index in [1.165, 1.54) is 24.3 Å². The average Bonchev–Trinajstić information content (AvgIpc) is 2.49. The van der Waals surface area contributed by atoms with Gasteiger partial charge in [0.1, 0.15) is 29.4 Å². The molecule has 2 aromatic rings. The maximum atomic E-state index is 12.8. The normalized spacial score (nSPS) is 12.4. The molecule has 1 aromatic carbocycles. The number of aliphatic hydroxyl groups excluding tert-OH is 1. The number of benzene rings is 1. The van der Waals surface area contributed by atoms with Crippen molar-refractivity contribution >= 4 is 11.6 Å². The number of ether oxygens (including phenoxy) is 1. The van der Waals surface area contributed by atoms with Crippen LogP contribution in [0.15, 0.2) is 42.6 Å². The molecule has 0 radical (unpaired) electrons. The summed E-state index contributed by atoms with van der Waals surface area (Å²) in [6.45, 7) is 1.25. The zero-order chi connectivity index (χ0) is 15.9. The van der Waals surface area contributed by atoms with Crippen molar-refractivity contribution < 1.29 is 14.2 Å². The summed E-state index contributed by atoms with van der Waals surface area (Å²) in [6.07, 6.45) is 1.07. The highest BCUT2D eigenvalue weighted by Gasteiger charge is 2.10. The van der Waals surface area contributed by atoms with Crippen molar-refractivity contribution in [2.24, 2.45) is 0 Å². The Balaban J connectivity index is 1.74. The van der Waals surface area contributed by atoms with Crippen LogP contribution in [0.3, 0.4) is 0 Å². The molecule has 0 saturated heterocycles. The summed E-state index contributed by atoms with van der Waals surface area (Å²) in [5.41, 5.74) is 1.01. The van der Waals surface area contributed by atoms with Crippen molar-refractivity contribution in [2.75, 3.05) is 20.2 Å². The predicted molar refractivity (Wildman–Crippen MR) is 83.5 cm³/mol. The number of rotatable bonds is 7. The van der Waals surface area contributed by atoms with Crippen LogP contribution in [-0.2, 0) is 6.54 Å². The topological polar surface area (TPSA) is 45.6 Å². The standard InChI is InChI=1S/C16H18ClFN2O2/c1-20(9-12-2-7-16(17)19-8-12)10-14(21)11-22-15-5-3-13(18)4-6-15/h2-8,14,21H,9-11H2,1H3. The smallest absolute Gasteiger partial charge is 0.129 e. The fourth-order valence-electron chi connectivity index (χ4n) is 2.01. The number of hydrogen-bond acceptors (Lipinski definition) is 4. The summed E-state index contributed by atoms with van der Waals surface area (Å²) in [7, 11) is 1.90. The maximum Gasteiger partial charge on any atom is 0.129 e. The van der Waals surface area contributed by atoms with Gasteiger partial charge in [0, 0.05) is 19.3 Å². The van der Waals surface area contributed by atoms with E-state index in [1.54, 1.807) is 12.3 Å². The molecule has 1 aromatic heterocycles. The van der Waals surface area contributed by atoms with Gasteiger partial charge in [-0.15, -0.1) is 0 Å². The van der Waals surface area contributed by atoms with Gasteiger partial charge in [-0.25, -0.2) is 9.37 Å². The molecule has 0 fully saturated rings. The minimum Gasteiger partial charge on any atom is -0.491 e. The summed E-state index contributed by atoms with van der Waals surface area (Å²) in [6, 6.07) is 9.34. The number of likely N-dealkylation sites (N-methyl/N-ethyl adjacent to an activating group) is 1. The Morgan fingerprint density at radius 1 is 1.27 bits per heavy atom. The first-order valence-electron chi connectivity index (χ1n) is 6.88. The first-order chi connectivity index (χ1) is 10.5. The lowest BCUT2D eigenvalue weighted by Gasteiger charge is -2.20. The molecular formula is C16H18ClFN2O2. The van der Waals surface area contributed by atoms with Gasteiger partial charge in [0.15, 0.2) is 0 Å². The monoisotopic (exact) mass is 324 g/mol. The molecule has 6 heteroatoms. The SMILES string of the molecule is CN(Cc1ccc(Cl)nc1)CC(O)COc1ccc(F)cc1. The Hall–Kier alpha value is -1.69. The number of hydrogen-bond donors (Lipinski definition) is 1. The van der Waals surface area contributed by atoms with E-state index in [0.717, 1.165) is 5.56 Å². The van der Waals surface area contributed by atoms with E-state index in [2.05, 4.69) is 4.98 Å². The largest absolute Gasteiger partial charge is 0.491 e. The van der Waals surface area contributed by atoms with Gasteiger partial charge in [0.25, 0.3) is 0 Å². The molecule has 1 N–H and O–H groups in total. The minimum atomic E-state index is -0.643. The zero-order valence-corrected chi connectivity index (χ0v) is 13.0. The predicted octanol–water partition coefficient (Wildman–Crippen LogP) is 2.75. The Labute approximate surface area is 134 Å². The van der Waals surface area contributed by atoms with E-state index in [4.69, 9.17) is 16.3 Å². The van der Waals surface area contributed by atoms with E-state index in [0.29, 0.717) is 24.0 Å². The number of aliphatic hydroxyl groups is 1. The van der Waals surface area contributed by atoms with Crippen LogP contribution in [0.4, 0.5) is 4.39 Å². The van der Waals surface area contributed by atoms with Crippen LogP contribution < -0.4 is 4.74 Å². The van der Waals surface area contributed by atoms with Gasteiger partial charge in [-0.3, -0.25) is 4.90 Å². The average molecular weight is 325 g/mol. The van der Waals surface area contributed by atoms with Gasteiger partial charge in [-0.05, 0) is 42.9 Å². The van der Waals surface area contributed by atoms with Crippen LogP contribution in [0.1, 0.15) is 5.56 Å². The highest BCUT2D eigenvalue weighted by Crippen LogP contribution is 2.12. The number of aromatic nitrogens is 1. The van der Waals surface area contributed by atoms with Gasteiger partial charge in [-0.2, -0.15) is 0 Å². The molecule has 4 nitrogen and oxygen atoms in total. The number of halogens is 2. The number of pyridine rings is 1. The Kier molecular flexibility index (Phi) is 6.12. The van der Waals surface area contributed by atoms with Gasteiger partial charge in [0.2, 0.25) is 0 Å². The van der Waals surface area contributed by atoms with Crippen LogP contribution >= 0.6 is 11.6 Å². The number of nitrogens with zero attached hydrogens (tertiary/aromatic N) is 2. The summed E-state index contributed by atoms with van der Waals surface area (Å²) >= 11 is 5.74. The van der Waals surface area contributed by atoms with E-state index >= 15 is 0 Å². The van der Waals surface area contributed by atoms with Crippen molar-refractivity contribution in [1.82, 2.24) is 9.88 Å². The third-order valence-corrected chi connectivity index (χ3v) is 3.24. The molecule has 0 bridgehead atoms. The van der Waals surface area contributed by atoms with Crippen molar-refractivity contribution in [2.45, 2.75) is 12.6 Å². The Bertz CT molecular complexity index is 578. The molecule has 22 heavy (non-hydrogen) atoms. The third kappa shape index (κ3) is 5.60. The molecule has 0 aliphatic rings. The molecule has 1 atom stereocenters. The molecule has 2 rings (SSSR count). The van der Waals surface area contributed by atoms with Crippen LogP contribution in [-0.4, -0.2) is 41.3 Å². The van der Waals surface area contributed by atoms with Crippen LogP contribution in [0, 0.1) is 5.82 Å². The minimum absolute atomic E-state index is 0.148. The molecule has 1 heterocycles. The molecule has 0 aliphatic carbocycles. The van der Waals surface area contributed by atoms with Crippen LogP contribution in [0.2, 0.25) is 5.15 Å². The van der Waals surface area contributed by atoms with E-state index in [9.17, 15) is 9.50 Å². The second-order valence-electron chi connectivity index (χ2n) is 5.10. The Morgan fingerprint density at radius 3 is 2.64 bits per heavy atom. The van der Waals surface area contributed by atoms with E-state index in [1.807, 2.05) is 18.0 Å². The van der Waals surface area contributed by atoms with Gasteiger partial charge < -0.3 is 9.84 Å². The summed E-state index contributed by atoms with van der Waals surface area (Å²) in [5.74, 6) is 0.217. The van der Waals surface area contributed by atoms with Gasteiger partial charge in [0.05, 0.1) is 0 Å². The van der Waals surface area contributed by atoms with Crippen molar-refractivity contribution in [3.8, 4) is 5.75 Å². The summed E-state index contributed by atoms with van der Waals surface area (Å²) in [5, 5.41) is 10.4. The molecule has 1 unspecified atom stereocenters. The molecule has 0 aliphatic heterocycles. The fourth-order valence-corrected chi connectivity index (χ4v) is 2.12. The Morgan fingerprint density at radius 2 is 2.00 bits per heavy atom. The zero-order valence-electron chi connectivity index (χ0n) is 12.2. The van der Waals surface area contributed by atoms with Crippen molar-refractivity contribution in [3.05, 3.63) is 59.1 Å². The lowest BCUT2D eigenvalue weighted by Crippen LogP contribution is -2.32. The first kappa shape index (κ1) is 16.7. The molecule has 0 saturated carbocycles. The summed E-state index contributed by atoms with van der Waals surface area (Å²) < 4.78 is 18.2. The van der Waals surface area contributed by atoms with Crippen molar-refractivity contribution in [1.29, 1.82) is 0 Å². The maximum absolute atomic E-state index is 12.8. The fraction of sp³-hybridized carbons (Fsp3) is 0.312. The highest BCUT2D eigenvalue weighted by atomic mass is 35.5. The van der Waals surface area contributed by atoms with Crippen molar-refractivity contribution in [3.63, 3.8) is 0 Å². The molecular weight excluding hydrogens is 307 g/mol. The van der Waals surface area contributed by atoms with Gasteiger partial charge >= 0.3 is 0 Å². The summed E-state index contributed by atoms with van der Waals surface area (Å²) in [4.78, 5) is 5.98.